The highest BCUT2D eigenvalue weighted by molar-refractivity contribution is 5.07. The van der Waals surface area contributed by atoms with Gasteiger partial charge in [-0.2, -0.15) is 0 Å². The Labute approximate surface area is 115 Å². The number of nitrogens with two attached hydrogens (primary N) is 1. The summed E-state index contributed by atoms with van der Waals surface area (Å²) in [7, 11) is 0. The number of imidazole rings is 1. The lowest BCUT2D eigenvalue weighted by Crippen LogP contribution is -2.47. The molecule has 3 N–H and O–H groups in total. The van der Waals surface area contributed by atoms with Gasteiger partial charge in [0.25, 0.3) is 0 Å². The van der Waals surface area contributed by atoms with E-state index in [9.17, 15) is 0 Å². The first-order chi connectivity index (χ1) is 9.12. The molecule has 0 aliphatic heterocycles. The highest BCUT2D eigenvalue weighted by Crippen LogP contribution is 2.62. The first-order valence-electron chi connectivity index (χ1n) is 7.89. The molecule has 104 valence electrons. The largest absolute Gasteiger partial charge is 0.345 e. The van der Waals surface area contributed by atoms with E-state index in [1.807, 2.05) is 13.1 Å². The monoisotopic (exact) mass is 259 g/mol. The van der Waals surface area contributed by atoms with Gasteiger partial charge in [0, 0.05) is 11.9 Å². The Hall–Kier alpha value is -0.830. The molecule has 3 heteroatoms. The first kappa shape index (κ1) is 12.0. The molecule has 4 saturated carbocycles. The minimum absolute atomic E-state index is 0.102. The predicted octanol–water partition coefficient (Wildman–Crippen LogP) is 3.32. The molecule has 0 spiro atoms. The van der Waals surface area contributed by atoms with E-state index in [1.54, 1.807) is 0 Å². The Kier molecular flexibility index (Phi) is 2.57. The molecule has 3 nitrogen and oxygen atoms in total. The highest BCUT2D eigenvalue weighted by Gasteiger charge is 2.51. The molecule has 1 atom stereocenters. The molecular formula is C16H25N3. The van der Waals surface area contributed by atoms with Crippen molar-refractivity contribution >= 4 is 0 Å². The summed E-state index contributed by atoms with van der Waals surface area (Å²) in [6.45, 7) is 2.05. The molecule has 1 unspecified atom stereocenters. The number of rotatable bonds is 3. The lowest BCUT2D eigenvalue weighted by Gasteiger charge is -2.57. The number of aromatic amines is 1. The Morgan fingerprint density at radius 1 is 1.26 bits per heavy atom. The van der Waals surface area contributed by atoms with E-state index in [0.717, 1.165) is 35.7 Å². The van der Waals surface area contributed by atoms with Gasteiger partial charge in [-0.3, -0.25) is 0 Å². The molecule has 0 aromatic carbocycles. The Morgan fingerprint density at radius 3 is 2.32 bits per heavy atom. The molecule has 0 saturated heterocycles. The van der Waals surface area contributed by atoms with Gasteiger partial charge in [0.1, 0.15) is 5.82 Å². The van der Waals surface area contributed by atoms with Crippen LogP contribution in [0.5, 0.6) is 0 Å². The van der Waals surface area contributed by atoms with Crippen molar-refractivity contribution in [2.24, 2.45) is 28.9 Å². The van der Waals surface area contributed by atoms with E-state index in [4.69, 9.17) is 5.73 Å². The quantitative estimate of drug-likeness (QED) is 0.875. The number of nitrogens with one attached hydrogen (secondary N) is 1. The fourth-order valence-corrected chi connectivity index (χ4v) is 5.72. The Balaban J connectivity index is 1.53. The van der Waals surface area contributed by atoms with E-state index in [1.165, 1.54) is 38.5 Å². The van der Waals surface area contributed by atoms with Crippen molar-refractivity contribution < 1.29 is 0 Å². The average molecular weight is 259 g/mol. The Morgan fingerprint density at radius 2 is 1.84 bits per heavy atom. The standard InChI is InChI=1S/C16H25N3/c1-10-9-18-15(19-10)14(17)8-16-5-11-2-12(6-16)4-13(3-11)7-16/h9,11-14H,2-8,17H2,1H3,(H,18,19). The van der Waals surface area contributed by atoms with Crippen molar-refractivity contribution in [3.05, 3.63) is 17.7 Å². The Bertz CT molecular complexity index is 441. The van der Waals surface area contributed by atoms with Gasteiger partial charge >= 0.3 is 0 Å². The molecule has 19 heavy (non-hydrogen) atoms. The summed E-state index contributed by atoms with van der Waals surface area (Å²) in [6, 6.07) is 0.102. The minimum atomic E-state index is 0.102. The third-order valence-electron chi connectivity index (χ3n) is 5.89. The van der Waals surface area contributed by atoms with E-state index < -0.39 is 0 Å². The van der Waals surface area contributed by atoms with Gasteiger partial charge in [-0.25, -0.2) is 4.98 Å². The molecule has 0 radical (unpaired) electrons. The molecule has 0 amide bonds. The molecule has 4 aliphatic carbocycles. The number of hydrogen-bond donors (Lipinski definition) is 2. The zero-order chi connectivity index (χ0) is 13.0. The van der Waals surface area contributed by atoms with Crippen LogP contribution in [-0.2, 0) is 0 Å². The van der Waals surface area contributed by atoms with Crippen LogP contribution in [-0.4, -0.2) is 9.97 Å². The molecule has 1 aromatic heterocycles. The van der Waals surface area contributed by atoms with Gasteiger partial charge < -0.3 is 10.7 Å². The zero-order valence-electron chi connectivity index (χ0n) is 11.9. The number of aryl methyl sites for hydroxylation is 1. The van der Waals surface area contributed by atoms with Gasteiger partial charge in [0.05, 0.1) is 6.04 Å². The fourth-order valence-electron chi connectivity index (χ4n) is 5.72. The van der Waals surface area contributed by atoms with Crippen molar-refractivity contribution in [2.75, 3.05) is 0 Å². The number of H-pyrrole nitrogens is 1. The second-order valence-corrected chi connectivity index (χ2v) is 7.68. The fraction of sp³-hybridized carbons (Fsp3) is 0.812. The highest BCUT2D eigenvalue weighted by atomic mass is 15.0. The maximum absolute atomic E-state index is 6.44. The van der Waals surface area contributed by atoms with Crippen LogP contribution in [0.2, 0.25) is 0 Å². The summed E-state index contributed by atoms with van der Waals surface area (Å²) in [6.07, 6.45) is 11.9. The summed E-state index contributed by atoms with van der Waals surface area (Å²) < 4.78 is 0. The van der Waals surface area contributed by atoms with Crippen molar-refractivity contribution in [2.45, 2.75) is 57.9 Å². The average Bonchev–Trinajstić information content (AvgIpc) is 2.73. The third-order valence-corrected chi connectivity index (χ3v) is 5.89. The van der Waals surface area contributed by atoms with Crippen molar-refractivity contribution in [3.63, 3.8) is 0 Å². The van der Waals surface area contributed by atoms with Crippen LogP contribution in [0, 0.1) is 30.1 Å². The molecular weight excluding hydrogens is 234 g/mol. The van der Waals surface area contributed by atoms with Crippen molar-refractivity contribution in [3.8, 4) is 0 Å². The van der Waals surface area contributed by atoms with E-state index in [-0.39, 0.29) is 6.04 Å². The van der Waals surface area contributed by atoms with Crippen LogP contribution in [0.1, 0.15) is 62.5 Å². The first-order valence-corrected chi connectivity index (χ1v) is 7.89. The van der Waals surface area contributed by atoms with E-state index >= 15 is 0 Å². The molecule has 4 fully saturated rings. The van der Waals surface area contributed by atoms with Crippen LogP contribution >= 0.6 is 0 Å². The van der Waals surface area contributed by atoms with E-state index in [0.29, 0.717) is 5.41 Å². The number of aromatic nitrogens is 2. The topological polar surface area (TPSA) is 54.7 Å². The van der Waals surface area contributed by atoms with Crippen molar-refractivity contribution in [1.82, 2.24) is 9.97 Å². The number of nitrogens with zero attached hydrogens (tertiary/aromatic N) is 1. The van der Waals surface area contributed by atoms with Gasteiger partial charge in [-0.05, 0) is 75.0 Å². The lowest BCUT2D eigenvalue weighted by atomic mass is 9.48. The summed E-state index contributed by atoms with van der Waals surface area (Å²) in [5, 5.41) is 0. The van der Waals surface area contributed by atoms with Gasteiger partial charge in [0.2, 0.25) is 0 Å². The third kappa shape index (κ3) is 2.03. The molecule has 4 aliphatic rings. The molecule has 5 rings (SSSR count). The maximum atomic E-state index is 6.44. The van der Waals surface area contributed by atoms with Gasteiger partial charge in [-0.1, -0.05) is 0 Å². The van der Waals surface area contributed by atoms with Crippen LogP contribution in [0.15, 0.2) is 6.20 Å². The van der Waals surface area contributed by atoms with Crippen molar-refractivity contribution in [1.29, 1.82) is 0 Å². The molecule has 1 heterocycles. The normalized spacial score (nSPS) is 41.7. The maximum Gasteiger partial charge on any atom is 0.123 e. The van der Waals surface area contributed by atoms with E-state index in [2.05, 4.69) is 9.97 Å². The zero-order valence-corrected chi connectivity index (χ0v) is 11.9. The van der Waals surface area contributed by atoms with Crippen LogP contribution in [0.25, 0.3) is 0 Å². The smallest absolute Gasteiger partial charge is 0.123 e. The second-order valence-electron chi connectivity index (χ2n) is 7.68. The summed E-state index contributed by atoms with van der Waals surface area (Å²) in [4.78, 5) is 7.76. The minimum Gasteiger partial charge on any atom is -0.345 e. The van der Waals surface area contributed by atoms with Crippen LogP contribution in [0.3, 0.4) is 0 Å². The number of hydrogen-bond acceptors (Lipinski definition) is 2. The summed E-state index contributed by atoms with van der Waals surface area (Å²) in [5.74, 6) is 4.03. The summed E-state index contributed by atoms with van der Waals surface area (Å²) in [5.41, 5.74) is 8.11. The van der Waals surface area contributed by atoms with Crippen LogP contribution < -0.4 is 5.73 Å². The second kappa shape index (κ2) is 4.08. The predicted molar refractivity (Wildman–Crippen MR) is 75.5 cm³/mol. The van der Waals surface area contributed by atoms with Gasteiger partial charge in [-0.15, -0.1) is 0 Å². The summed E-state index contributed by atoms with van der Waals surface area (Å²) >= 11 is 0. The van der Waals surface area contributed by atoms with Gasteiger partial charge in [0.15, 0.2) is 0 Å². The lowest BCUT2D eigenvalue weighted by molar-refractivity contribution is -0.0608. The molecule has 4 bridgehead atoms. The SMILES string of the molecule is Cc1cnc(C(N)CC23CC4CC(CC(C4)C2)C3)[nH]1. The van der Waals surface area contributed by atoms with Crippen LogP contribution in [0.4, 0.5) is 0 Å². The molecule has 1 aromatic rings.